The van der Waals surface area contributed by atoms with E-state index in [0.29, 0.717) is 5.56 Å². The average Bonchev–Trinajstić information content (AvgIpc) is 2.17. The molecule has 0 amide bonds. The SMILES string of the molecule is Nc1cc(C(O)C(O)CCO)ccn1. The summed E-state index contributed by atoms with van der Waals surface area (Å²) in [6.07, 6.45) is -0.433. The third-order valence-electron chi connectivity index (χ3n) is 1.94. The molecule has 1 aromatic rings. The molecule has 2 unspecified atom stereocenters. The van der Waals surface area contributed by atoms with Gasteiger partial charge in [-0.1, -0.05) is 0 Å². The monoisotopic (exact) mass is 198 g/mol. The topological polar surface area (TPSA) is 99.6 Å². The molecule has 5 N–H and O–H groups in total. The van der Waals surface area contributed by atoms with Crippen LogP contribution < -0.4 is 5.73 Å². The van der Waals surface area contributed by atoms with Crippen molar-refractivity contribution in [2.24, 2.45) is 0 Å². The van der Waals surface area contributed by atoms with E-state index in [2.05, 4.69) is 4.98 Å². The minimum Gasteiger partial charge on any atom is -0.396 e. The fourth-order valence-electron chi connectivity index (χ4n) is 1.16. The number of anilines is 1. The number of pyridine rings is 1. The standard InChI is InChI=1S/C9H14N2O3/c10-8-5-6(1-3-11-8)9(14)7(13)2-4-12/h1,3,5,7,9,12-14H,2,4H2,(H2,10,11). The van der Waals surface area contributed by atoms with Crippen molar-refractivity contribution in [2.45, 2.75) is 18.6 Å². The lowest BCUT2D eigenvalue weighted by atomic mass is 10.0. The Balaban J connectivity index is 2.73. The molecule has 0 aliphatic carbocycles. The first-order chi connectivity index (χ1) is 6.65. The molecule has 0 aromatic carbocycles. The highest BCUT2D eigenvalue weighted by atomic mass is 16.3. The number of rotatable bonds is 4. The van der Waals surface area contributed by atoms with Crippen LogP contribution in [0.3, 0.4) is 0 Å². The number of hydrogen-bond acceptors (Lipinski definition) is 5. The molecule has 0 spiro atoms. The minimum absolute atomic E-state index is 0.128. The first-order valence-corrected chi connectivity index (χ1v) is 4.33. The van der Waals surface area contributed by atoms with Gasteiger partial charge in [-0.3, -0.25) is 0 Å². The predicted octanol–water partition coefficient (Wildman–Crippen LogP) is -0.560. The first kappa shape index (κ1) is 10.9. The number of nitrogens with two attached hydrogens (primary N) is 1. The van der Waals surface area contributed by atoms with Crippen LogP contribution in [-0.4, -0.2) is 33.0 Å². The van der Waals surface area contributed by atoms with Crippen molar-refractivity contribution >= 4 is 5.82 Å². The lowest BCUT2D eigenvalue weighted by Gasteiger charge is -2.17. The van der Waals surface area contributed by atoms with Gasteiger partial charge in [-0.15, -0.1) is 0 Å². The van der Waals surface area contributed by atoms with E-state index in [1.54, 1.807) is 6.07 Å². The largest absolute Gasteiger partial charge is 0.396 e. The van der Waals surface area contributed by atoms with Crippen molar-refractivity contribution in [3.63, 3.8) is 0 Å². The van der Waals surface area contributed by atoms with Gasteiger partial charge >= 0.3 is 0 Å². The Morgan fingerprint density at radius 2 is 2.14 bits per heavy atom. The maximum absolute atomic E-state index is 9.60. The third-order valence-corrected chi connectivity index (χ3v) is 1.94. The summed E-state index contributed by atoms with van der Waals surface area (Å²) in [6, 6.07) is 3.06. The maximum Gasteiger partial charge on any atom is 0.123 e. The maximum atomic E-state index is 9.60. The van der Waals surface area contributed by atoms with Crippen molar-refractivity contribution in [2.75, 3.05) is 12.3 Å². The quantitative estimate of drug-likeness (QED) is 0.519. The van der Waals surface area contributed by atoms with Crippen LogP contribution >= 0.6 is 0 Å². The molecule has 0 aliphatic heterocycles. The Labute approximate surface area is 81.8 Å². The summed E-state index contributed by atoms with van der Waals surface area (Å²) >= 11 is 0. The van der Waals surface area contributed by atoms with E-state index in [-0.39, 0.29) is 18.8 Å². The van der Waals surface area contributed by atoms with E-state index in [9.17, 15) is 10.2 Å². The van der Waals surface area contributed by atoms with Crippen molar-refractivity contribution < 1.29 is 15.3 Å². The molecule has 1 rings (SSSR count). The summed E-state index contributed by atoms with van der Waals surface area (Å²) < 4.78 is 0. The van der Waals surface area contributed by atoms with Gasteiger partial charge in [0.1, 0.15) is 11.9 Å². The number of nitrogen functional groups attached to an aromatic ring is 1. The molecule has 1 heterocycles. The molecule has 2 atom stereocenters. The van der Waals surface area contributed by atoms with Crippen molar-refractivity contribution in [3.05, 3.63) is 23.9 Å². The van der Waals surface area contributed by atoms with E-state index >= 15 is 0 Å². The third kappa shape index (κ3) is 2.66. The molecule has 5 nitrogen and oxygen atoms in total. The molecule has 0 saturated carbocycles. The molecule has 0 radical (unpaired) electrons. The lowest BCUT2D eigenvalue weighted by Crippen LogP contribution is -2.19. The Hall–Kier alpha value is -1.17. The average molecular weight is 198 g/mol. The van der Waals surface area contributed by atoms with Gasteiger partial charge in [0, 0.05) is 12.8 Å². The van der Waals surface area contributed by atoms with E-state index in [1.165, 1.54) is 12.3 Å². The van der Waals surface area contributed by atoms with Crippen LogP contribution in [0.25, 0.3) is 0 Å². The number of nitrogens with zero attached hydrogens (tertiary/aromatic N) is 1. The van der Waals surface area contributed by atoms with E-state index in [0.717, 1.165) is 0 Å². The summed E-state index contributed by atoms with van der Waals surface area (Å²) in [5, 5.41) is 27.6. The highest BCUT2D eigenvalue weighted by Gasteiger charge is 2.17. The van der Waals surface area contributed by atoms with Crippen LogP contribution in [0, 0.1) is 0 Å². The van der Waals surface area contributed by atoms with Crippen LogP contribution in [0.15, 0.2) is 18.3 Å². The Kier molecular flexibility index (Phi) is 3.82. The fraction of sp³-hybridized carbons (Fsp3) is 0.444. The second-order valence-electron chi connectivity index (χ2n) is 3.04. The normalized spacial score (nSPS) is 15.1. The van der Waals surface area contributed by atoms with Gasteiger partial charge in [-0.25, -0.2) is 4.98 Å². The van der Waals surface area contributed by atoms with Crippen LogP contribution in [0.4, 0.5) is 5.82 Å². The minimum atomic E-state index is -1.03. The molecule has 14 heavy (non-hydrogen) atoms. The highest BCUT2D eigenvalue weighted by molar-refractivity contribution is 5.33. The number of aromatic nitrogens is 1. The Morgan fingerprint density at radius 1 is 1.43 bits per heavy atom. The summed E-state index contributed by atoms with van der Waals surface area (Å²) in [7, 11) is 0. The van der Waals surface area contributed by atoms with Gasteiger partial charge < -0.3 is 21.1 Å². The van der Waals surface area contributed by atoms with Gasteiger partial charge in [0.25, 0.3) is 0 Å². The zero-order valence-electron chi connectivity index (χ0n) is 7.67. The second kappa shape index (κ2) is 4.90. The molecule has 0 saturated heterocycles. The highest BCUT2D eigenvalue weighted by Crippen LogP contribution is 2.19. The Morgan fingerprint density at radius 3 is 2.71 bits per heavy atom. The Bertz CT molecular complexity index is 293. The number of hydrogen-bond donors (Lipinski definition) is 4. The van der Waals surface area contributed by atoms with E-state index < -0.39 is 12.2 Å². The van der Waals surface area contributed by atoms with Gasteiger partial charge in [0.2, 0.25) is 0 Å². The zero-order chi connectivity index (χ0) is 10.6. The van der Waals surface area contributed by atoms with E-state index in [1.807, 2.05) is 0 Å². The second-order valence-corrected chi connectivity index (χ2v) is 3.04. The molecule has 1 aromatic heterocycles. The summed E-state index contributed by atoms with van der Waals surface area (Å²) in [5.74, 6) is 0.290. The van der Waals surface area contributed by atoms with Crippen molar-refractivity contribution in [1.29, 1.82) is 0 Å². The van der Waals surface area contributed by atoms with Gasteiger partial charge in [0.05, 0.1) is 6.10 Å². The number of aliphatic hydroxyl groups is 3. The zero-order valence-corrected chi connectivity index (χ0v) is 7.67. The van der Waals surface area contributed by atoms with Gasteiger partial charge in [-0.2, -0.15) is 0 Å². The van der Waals surface area contributed by atoms with Crippen LogP contribution in [0.1, 0.15) is 18.1 Å². The van der Waals surface area contributed by atoms with Crippen molar-refractivity contribution in [1.82, 2.24) is 4.98 Å². The number of aliphatic hydroxyl groups excluding tert-OH is 3. The molecule has 0 bridgehead atoms. The van der Waals surface area contributed by atoms with Crippen LogP contribution in [-0.2, 0) is 0 Å². The van der Waals surface area contributed by atoms with Gasteiger partial charge in [0.15, 0.2) is 0 Å². The summed E-state index contributed by atoms with van der Waals surface area (Å²) in [5.41, 5.74) is 5.92. The first-order valence-electron chi connectivity index (χ1n) is 4.33. The summed E-state index contributed by atoms with van der Waals surface area (Å²) in [4.78, 5) is 3.76. The van der Waals surface area contributed by atoms with Gasteiger partial charge in [-0.05, 0) is 24.1 Å². The van der Waals surface area contributed by atoms with Crippen LogP contribution in [0.2, 0.25) is 0 Å². The van der Waals surface area contributed by atoms with Crippen LogP contribution in [0.5, 0.6) is 0 Å². The molecule has 0 fully saturated rings. The fourth-order valence-corrected chi connectivity index (χ4v) is 1.16. The summed E-state index contributed by atoms with van der Waals surface area (Å²) in [6.45, 7) is -0.168. The van der Waals surface area contributed by atoms with E-state index in [4.69, 9.17) is 10.8 Å². The molecule has 5 heteroatoms. The molecule has 0 aliphatic rings. The molecular weight excluding hydrogens is 184 g/mol. The molecule has 78 valence electrons. The molecular formula is C9H14N2O3. The smallest absolute Gasteiger partial charge is 0.123 e. The van der Waals surface area contributed by atoms with Crippen molar-refractivity contribution in [3.8, 4) is 0 Å². The predicted molar refractivity (Wildman–Crippen MR) is 51.3 cm³/mol. The lowest BCUT2D eigenvalue weighted by molar-refractivity contribution is 0.00421.